The Morgan fingerprint density at radius 1 is 1.50 bits per heavy atom. The number of nitrogens with zero attached hydrogens (tertiary/aromatic N) is 3. The Morgan fingerprint density at radius 3 is 3.05 bits per heavy atom. The van der Waals surface area contributed by atoms with Crippen molar-refractivity contribution in [2.45, 2.75) is 13.3 Å². The molecule has 0 atom stereocenters. The molecule has 0 saturated heterocycles. The monoisotopic (exact) mass is 300 g/mol. The summed E-state index contributed by atoms with van der Waals surface area (Å²) in [7, 11) is 3.35. The highest BCUT2D eigenvalue weighted by molar-refractivity contribution is 5.98. The maximum atomic E-state index is 12.2. The van der Waals surface area contributed by atoms with E-state index < -0.39 is 0 Å². The van der Waals surface area contributed by atoms with Crippen molar-refractivity contribution in [2.24, 2.45) is 12.0 Å². The van der Waals surface area contributed by atoms with Crippen molar-refractivity contribution in [1.29, 1.82) is 0 Å². The number of hydrogen-bond acceptors (Lipinski definition) is 4. The molecule has 22 heavy (non-hydrogen) atoms. The van der Waals surface area contributed by atoms with Crippen molar-refractivity contribution in [1.82, 2.24) is 15.1 Å². The second kappa shape index (κ2) is 7.40. The summed E-state index contributed by atoms with van der Waals surface area (Å²) in [5, 5.41) is 6.95. The van der Waals surface area contributed by atoms with Crippen molar-refractivity contribution in [2.75, 3.05) is 13.7 Å². The van der Waals surface area contributed by atoms with Gasteiger partial charge in [0.1, 0.15) is 11.4 Å². The van der Waals surface area contributed by atoms with Crippen LogP contribution in [0.1, 0.15) is 29.4 Å². The predicted octanol–water partition coefficient (Wildman–Crippen LogP) is 2.32. The van der Waals surface area contributed by atoms with Crippen LogP contribution in [-0.2, 0) is 7.05 Å². The highest BCUT2D eigenvalue weighted by atomic mass is 16.5. The molecule has 6 nitrogen and oxygen atoms in total. The molecule has 1 amide bonds. The number of carbonyl (C=O) groups is 1. The number of aryl methyl sites for hydroxylation is 1. The fourth-order valence-electron chi connectivity index (χ4n) is 1.97. The minimum absolute atomic E-state index is 0.167. The molecule has 0 aliphatic carbocycles. The van der Waals surface area contributed by atoms with E-state index in [4.69, 9.17) is 4.74 Å². The van der Waals surface area contributed by atoms with Gasteiger partial charge in [-0.3, -0.25) is 14.5 Å². The minimum atomic E-state index is -0.167. The molecule has 1 heterocycles. The van der Waals surface area contributed by atoms with Crippen LogP contribution in [0.25, 0.3) is 0 Å². The maximum Gasteiger partial charge on any atom is 0.271 e. The van der Waals surface area contributed by atoms with Gasteiger partial charge in [-0.15, -0.1) is 0 Å². The molecular weight excluding hydrogens is 280 g/mol. The number of ether oxygens (including phenoxy) is 1. The lowest BCUT2D eigenvalue weighted by molar-refractivity contribution is 0.0945. The number of aliphatic imine (C=N–C) groups is 1. The van der Waals surface area contributed by atoms with E-state index in [9.17, 15) is 4.79 Å². The van der Waals surface area contributed by atoms with Crippen LogP contribution in [-0.4, -0.2) is 35.6 Å². The predicted molar refractivity (Wildman–Crippen MR) is 86.1 cm³/mol. The number of benzene rings is 1. The zero-order valence-corrected chi connectivity index (χ0v) is 13.0. The Morgan fingerprint density at radius 2 is 2.32 bits per heavy atom. The normalized spacial score (nSPS) is 10.9. The maximum absolute atomic E-state index is 12.2. The Balaban J connectivity index is 2.22. The summed E-state index contributed by atoms with van der Waals surface area (Å²) in [6.07, 6.45) is 4.15. The quantitative estimate of drug-likeness (QED) is 0.832. The van der Waals surface area contributed by atoms with Gasteiger partial charge in [-0.25, -0.2) is 0 Å². The molecule has 1 N–H and O–H groups in total. The molecule has 0 saturated carbocycles. The molecule has 0 bridgehead atoms. The smallest absolute Gasteiger partial charge is 0.271 e. The summed E-state index contributed by atoms with van der Waals surface area (Å²) in [4.78, 5) is 16.5. The molecule has 0 radical (unpaired) electrons. The van der Waals surface area contributed by atoms with Gasteiger partial charge in [-0.2, -0.15) is 5.10 Å². The topological polar surface area (TPSA) is 68.5 Å². The Hall–Kier alpha value is -2.63. The first-order valence-electron chi connectivity index (χ1n) is 7.14. The van der Waals surface area contributed by atoms with Crippen molar-refractivity contribution in [3.8, 4) is 5.75 Å². The molecule has 2 rings (SSSR count). The lowest BCUT2D eigenvalue weighted by atomic mass is 10.2. The fourth-order valence-corrected chi connectivity index (χ4v) is 1.97. The van der Waals surface area contributed by atoms with E-state index in [2.05, 4.69) is 15.4 Å². The van der Waals surface area contributed by atoms with Gasteiger partial charge < -0.3 is 10.1 Å². The first-order chi connectivity index (χ1) is 10.7. The second-order valence-electron chi connectivity index (χ2n) is 4.79. The highest BCUT2D eigenvalue weighted by Crippen LogP contribution is 2.18. The van der Waals surface area contributed by atoms with Gasteiger partial charge in [-0.05, 0) is 24.1 Å². The third-order valence-corrected chi connectivity index (χ3v) is 3.12. The van der Waals surface area contributed by atoms with Crippen LogP contribution in [0.15, 0.2) is 35.5 Å². The van der Waals surface area contributed by atoms with Crippen LogP contribution >= 0.6 is 0 Å². The third kappa shape index (κ3) is 3.72. The fraction of sp³-hybridized carbons (Fsp3) is 0.312. The molecule has 2 aromatic rings. The summed E-state index contributed by atoms with van der Waals surface area (Å²) < 4.78 is 6.71. The molecule has 116 valence electrons. The molecule has 0 aliphatic rings. The summed E-state index contributed by atoms with van der Waals surface area (Å²) in [6.45, 7) is 2.63. The van der Waals surface area contributed by atoms with Crippen LogP contribution in [0.3, 0.4) is 0 Å². The molecule has 1 aromatic carbocycles. The van der Waals surface area contributed by atoms with Gasteiger partial charge in [0.05, 0.1) is 13.3 Å². The molecular formula is C16H20N4O2. The molecule has 6 heteroatoms. The van der Waals surface area contributed by atoms with Crippen LogP contribution in [0.4, 0.5) is 5.69 Å². The number of nitrogens with one attached hydrogen (secondary N) is 1. The average molecular weight is 300 g/mol. The SMILES string of the molecule is CCCNC(=O)c1c(N=Cc2cccc(OC)c2)cnn1C. The summed E-state index contributed by atoms with van der Waals surface area (Å²) in [6, 6.07) is 7.54. The van der Waals surface area contributed by atoms with Gasteiger partial charge in [0.15, 0.2) is 5.69 Å². The minimum Gasteiger partial charge on any atom is -0.497 e. The molecule has 0 spiro atoms. The standard InChI is InChI=1S/C16H20N4O2/c1-4-8-17-16(21)15-14(11-19-20(15)2)18-10-12-6-5-7-13(9-12)22-3/h5-7,9-11H,4,8H2,1-3H3,(H,17,21). The number of aromatic nitrogens is 2. The van der Waals surface area contributed by atoms with E-state index in [0.717, 1.165) is 17.7 Å². The summed E-state index contributed by atoms with van der Waals surface area (Å²) in [5.41, 5.74) is 1.88. The Bertz CT molecular complexity index is 677. The summed E-state index contributed by atoms with van der Waals surface area (Å²) >= 11 is 0. The Labute approximate surface area is 129 Å². The van der Waals surface area contributed by atoms with E-state index in [-0.39, 0.29) is 5.91 Å². The zero-order chi connectivity index (χ0) is 15.9. The zero-order valence-electron chi connectivity index (χ0n) is 13.0. The number of amides is 1. The van der Waals surface area contributed by atoms with Crippen molar-refractivity contribution in [3.63, 3.8) is 0 Å². The molecule has 0 aliphatic heterocycles. The van der Waals surface area contributed by atoms with Gasteiger partial charge in [0.2, 0.25) is 0 Å². The van der Waals surface area contributed by atoms with Gasteiger partial charge in [0.25, 0.3) is 5.91 Å². The number of carbonyl (C=O) groups excluding carboxylic acids is 1. The van der Waals surface area contributed by atoms with Crippen LogP contribution in [0, 0.1) is 0 Å². The average Bonchev–Trinajstić information content (AvgIpc) is 2.91. The van der Waals surface area contributed by atoms with Crippen molar-refractivity contribution >= 4 is 17.8 Å². The summed E-state index contributed by atoms with van der Waals surface area (Å²) in [5.74, 6) is 0.593. The number of rotatable bonds is 6. The van der Waals surface area contributed by atoms with Gasteiger partial charge >= 0.3 is 0 Å². The lowest BCUT2D eigenvalue weighted by Gasteiger charge is -2.04. The van der Waals surface area contributed by atoms with Crippen LogP contribution in [0.2, 0.25) is 0 Å². The van der Waals surface area contributed by atoms with E-state index in [1.54, 1.807) is 26.6 Å². The first kappa shape index (κ1) is 15.8. The van der Waals surface area contributed by atoms with E-state index in [1.165, 1.54) is 4.68 Å². The Kier molecular flexibility index (Phi) is 5.30. The van der Waals surface area contributed by atoms with Crippen molar-refractivity contribution < 1.29 is 9.53 Å². The number of methoxy groups -OCH3 is 1. The second-order valence-corrected chi connectivity index (χ2v) is 4.79. The molecule has 1 aromatic heterocycles. The van der Waals surface area contributed by atoms with E-state index in [1.807, 2.05) is 31.2 Å². The molecule has 0 fully saturated rings. The molecule has 0 unspecified atom stereocenters. The van der Waals surface area contributed by atoms with E-state index >= 15 is 0 Å². The third-order valence-electron chi connectivity index (χ3n) is 3.12. The van der Waals surface area contributed by atoms with Crippen LogP contribution < -0.4 is 10.1 Å². The van der Waals surface area contributed by atoms with E-state index in [0.29, 0.717) is 17.9 Å². The van der Waals surface area contributed by atoms with Gasteiger partial charge in [0, 0.05) is 19.8 Å². The van der Waals surface area contributed by atoms with Gasteiger partial charge in [-0.1, -0.05) is 19.1 Å². The lowest BCUT2D eigenvalue weighted by Crippen LogP contribution is -2.26. The largest absolute Gasteiger partial charge is 0.497 e. The van der Waals surface area contributed by atoms with Crippen molar-refractivity contribution in [3.05, 3.63) is 41.7 Å². The highest BCUT2D eigenvalue weighted by Gasteiger charge is 2.15. The first-order valence-corrected chi connectivity index (χ1v) is 7.14. The van der Waals surface area contributed by atoms with Crippen LogP contribution in [0.5, 0.6) is 5.75 Å². The number of hydrogen-bond donors (Lipinski definition) is 1.